The number of hydrogen-bond donors (Lipinski definition) is 2. The first-order valence-corrected chi connectivity index (χ1v) is 14.3. The van der Waals surface area contributed by atoms with Crippen molar-refractivity contribution in [1.82, 2.24) is 24.4 Å². The Morgan fingerprint density at radius 3 is 2.58 bits per heavy atom. The van der Waals surface area contributed by atoms with Crippen molar-refractivity contribution < 1.29 is 13.6 Å². The molecule has 2 N–H and O–H groups in total. The number of rotatable bonds is 3. The Kier molecular flexibility index (Phi) is 7.28. The lowest BCUT2D eigenvalue weighted by atomic mass is 10.0. The largest absolute Gasteiger partial charge is 0.383 e. The molecule has 1 atom stereocenters. The molecular formula is C31H32F2N8O2. The highest BCUT2D eigenvalue weighted by Crippen LogP contribution is 2.37. The average molecular weight is 587 g/mol. The minimum absolute atomic E-state index is 0.0275. The molecule has 0 spiro atoms. The number of carbonyl (C=O) groups excluding carboxylic acids is 1. The zero-order valence-corrected chi connectivity index (χ0v) is 24.2. The van der Waals surface area contributed by atoms with Gasteiger partial charge in [-0.25, -0.2) is 23.1 Å². The molecule has 1 amide bonds. The maximum atomic E-state index is 16.1. The van der Waals surface area contributed by atoms with E-state index in [1.54, 1.807) is 29.3 Å². The molecule has 0 unspecified atom stereocenters. The Hall–Kier alpha value is -4.87. The van der Waals surface area contributed by atoms with Crippen LogP contribution in [0, 0.1) is 11.6 Å². The van der Waals surface area contributed by atoms with Gasteiger partial charge in [-0.2, -0.15) is 4.98 Å². The van der Waals surface area contributed by atoms with E-state index in [-0.39, 0.29) is 46.0 Å². The van der Waals surface area contributed by atoms with Crippen molar-refractivity contribution in [2.45, 2.75) is 32.7 Å². The molecule has 6 rings (SSSR count). The molecule has 1 aromatic carbocycles. The maximum Gasteiger partial charge on any atom is 0.355 e. The third-order valence-corrected chi connectivity index (χ3v) is 7.92. The van der Waals surface area contributed by atoms with Crippen molar-refractivity contribution in [2.24, 2.45) is 0 Å². The Morgan fingerprint density at radius 1 is 1.09 bits per heavy atom. The van der Waals surface area contributed by atoms with Crippen LogP contribution in [0.4, 0.5) is 26.0 Å². The summed E-state index contributed by atoms with van der Waals surface area (Å²) in [6.45, 7) is 11.3. The van der Waals surface area contributed by atoms with Gasteiger partial charge in [0.05, 0.1) is 28.0 Å². The predicted molar refractivity (Wildman–Crippen MR) is 163 cm³/mol. The molecule has 4 aromatic rings. The molecule has 10 nitrogen and oxygen atoms in total. The van der Waals surface area contributed by atoms with Crippen LogP contribution < -0.4 is 21.2 Å². The fraction of sp³-hybridized carbons (Fsp3) is 0.323. The van der Waals surface area contributed by atoms with Crippen LogP contribution in [0.2, 0.25) is 0 Å². The van der Waals surface area contributed by atoms with Crippen molar-refractivity contribution in [3.05, 3.63) is 77.0 Å². The van der Waals surface area contributed by atoms with Crippen molar-refractivity contribution >= 4 is 34.1 Å². The van der Waals surface area contributed by atoms with Crippen molar-refractivity contribution in [1.29, 1.82) is 0 Å². The SMILES string of the molecule is C=CC(=O)N1CCN(c2nc(=O)n3c4nc(c(F)cc24)-c2c(F)cccc2NCCNc2ccnc(C(C)C)c2-3)[C@@H](C)C1. The van der Waals surface area contributed by atoms with Crippen LogP contribution in [0.1, 0.15) is 32.4 Å². The van der Waals surface area contributed by atoms with E-state index in [2.05, 4.69) is 27.2 Å². The first kappa shape index (κ1) is 28.3. The van der Waals surface area contributed by atoms with Crippen LogP contribution in [0.25, 0.3) is 28.0 Å². The number of carbonyl (C=O) groups is 1. The zero-order valence-electron chi connectivity index (χ0n) is 24.2. The number of anilines is 3. The molecule has 2 aliphatic heterocycles. The lowest BCUT2D eigenvalue weighted by Crippen LogP contribution is -2.54. The number of amides is 1. The maximum absolute atomic E-state index is 16.1. The Morgan fingerprint density at radius 2 is 1.86 bits per heavy atom. The molecule has 0 aliphatic carbocycles. The Labute approximate surface area is 247 Å². The molecule has 222 valence electrons. The first-order valence-electron chi connectivity index (χ1n) is 14.3. The monoisotopic (exact) mass is 586 g/mol. The van der Waals surface area contributed by atoms with Crippen molar-refractivity contribution in [3.8, 4) is 16.9 Å². The average Bonchev–Trinajstić information content (AvgIpc) is 2.98. The summed E-state index contributed by atoms with van der Waals surface area (Å²) >= 11 is 0. The number of aromatic nitrogens is 4. The number of benzene rings is 1. The number of pyridine rings is 2. The van der Waals surface area contributed by atoms with Gasteiger partial charge in [0.1, 0.15) is 17.3 Å². The first-order chi connectivity index (χ1) is 20.7. The quantitative estimate of drug-likeness (QED) is 0.342. The summed E-state index contributed by atoms with van der Waals surface area (Å²) in [4.78, 5) is 43.7. The lowest BCUT2D eigenvalue weighted by molar-refractivity contribution is -0.126. The second kappa shape index (κ2) is 11.1. The van der Waals surface area contributed by atoms with Crippen LogP contribution >= 0.6 is 0 Å². The summed E-state index contributed by atoms with van der Waals surface area (Å²) in [7, 11) is 0. The van der Waals surface area contributed by atoms with E-state index in [1.807, 2.05) is 25.7 Å². The number of hydrogen-bond acceptors (Lipinski definition) is 8. The van der Waals surface area contributed by atoms with Crippen LogP contribution in [0.15, 0.2) is 54.0 Å². The minimum Gasteiger partial charge on any atom is -0.383 e. The van der Waals surface area contributed by atoms with Gasteiger partial charge in [-0.3, -0.25) is 9.78 Å². The highest BCUT2D eigenvalue weighted by atomic mass is 19.1. The molecule has 2 aliphatic rings. The van der Waals surface area contributed by atoms with Crippen LogP contribution in [0.3, 0.4) is 0 Å². The van der Waals surface area contributed by atoms with Gasteiger partial charge in [0, 0.05) is 50.6 Å². The molecule has 43 heavy (non-hydrogen) atoms. The molecule has 1 saturated heterocycles. The van der Waals surface area contributed by atoms with E-state index in [1.165, 1.54) is 22.8 Å². The van der Waals surface area contributed by atoms with Crippen molar-refractivity contribution in [3.63, 3.8) is 0 Å². The zero-order chi connectivity index (χ0) is 30.4. The van der Waals surface area contributed by atoms with Gasteiger partial charge in [0.15, 0.2) is 11.5 Å². The summed E-state index contributed by atoms with van der Waals surface area (Å²) in [5.74, 6) is -1.43. The summed E-state index contributed by atoms with van der Waals surface area (Å²) in [5, 5.41) is 6.85. The molecule has 5 heterocycles. The van der Waals surface area contributed by atoms with E-state index in [0.717, 1.165) is 0 Å². The van der Waals surface area contributed by atoms with E-state index >= 15 is 8.78 Å². The van der Waals surface area contributed by atoms with Gasteiger partial charge in [-0.1, -0.05) is 26.5 Å². The fourth-order valence-corrected chi connectivity index (χ4v) is 5.88. The smallest absolute Gasteiger partial charge is 0.355 e. The van der Waals surface area contributed by atoms with E-state index in [0.29, 0.717) is 55.5 Å². The highest BCUT2D eigenvalue weighted by Gasteiger charge is 2.31. The predicted octanol–water partition coefficient (Wildman–Crippen LogP) is 4.30. The third kappa shape index (κ3) is 4.86. The van der Waals surface area contributed by atoms with E-state index < -0.39 is 17.3 Å². The van der Waals surface area contributed by atoms with Gasteiger partial charge < -0.3 is 20.4 Å². The molecule has 3 aromatic heterocycles. The topological polar surface area (TPSA) is 108 Å². The summed E-state index contributed by atoms with van der Waals surface area (Å²) in [5.41, 5.74) is 1.33. The fourth-order valence-electron chi connectivity index (χ4n) is 5.88. The number of piperazine rings is 1. The second-order valence-electron chi connectivity index (χ2n) is 11.0. The van der Waals surface area contributed by atoms with Gasteiger partial charge in [-0.15, -0.1) is 0 Å². The van der Waals surface area contributed by atoms with Gasteiger partial charge in [0.2, 0.25) is 5.91 Å². The van der Waals surface area contributed by atoms with Crippen molar-refractivity contribution in [2.75, 3.05) is 48.3 Å². The highest BCUT2D eigenvalue weighted by molar-refractivity contribution is 5.92. The summed E-state index contributed by atoms with van der Waals surface area (Å²) in [6.07, 6.45) is 2.94. The Bertz CT molecular complexity index is 1820. The normalized spacial score (nSPS) is 16.6. The Balaban J connectivity index is 1.68. The second-order valence-corrected chi connectivity index (χ2v) is 11.0. The van der Waals surface area contributed by atoms with Gasteiger partial charge in [-0.05, 0) is 43.2 Å². The lowest BCUT2D eigenvalue weighted by Gasteiger charge is -2.40. The molecule has 1 fully saturated rings. The molecule has 0 saturated carbocycles. The minimum atomic E-state index is -0.757. The standard InChI is InChI=1S/C31H32F2N8O2/c1-5-24(42)39-13-14-40(18(4)16-39)29-19-15-21(33)27-25-20(32)7-6-8-22(25)34-11-12-35-23-9-10-36-26(17(2)3)28(23)41(30(19)37-27)31(43)38-29/h5-10,15,17-18,34-35H,1,11-14,16H2,2-4H3/t18-/m0/s1. The van der Waals surface area contributed by atoms with Gasteiger partial charge >= 0.3 is 5.69 Å². The molecule has 12 heteroatoms. The van der Waals surface area contributed by atoms with Crippen LogP contribution in [0.5, 0.6) is 0 Å². The number of fused-ring (bicyclic) bond motifs is 5. The van der Waals surface area contributed by atoms with E-state index in [4.69, 9.17) is 4.98 Å². The number of nitrogens with one attached hydrogen (secondary N) is 2. The number of nitrogens with zero attached hydrogens (tertiary/aromatic N) is 6. The summed E-state index contributed by atoms with van der Waals surface area (Å²) < 4.78 is 32.9. The van der Waals surface area contributed by atoms with Crippen LogP contribution in [-0.2, 0) is 4.79 Å². The van der Waals surface area contributed by atoms with Gasteiger partial charge in [0.25, 0.3) is 0 Å². The molecule has 2 bridgehead atoms. The van der Waals surface area contributed by atoms with E-state index in [9.17, 15) is 9.59 Å². The molecular weight excluding hydrogens is 554 g/mol. The number of halogens is 2. The third-order valence-electron chi connectivity index (χ3n) is 7.92. The molecule has 0 radical (unpaired) electrons. The van der Waals surface area contributed by atoms with Crippen LogP contribution in [-0.4, -0.2) is 69.1 Å². The summed E-state index contributed by atoms with van der Waals surface area (Å²) in [6, 6.07) is 7.26.